The van der Waals surface area contributed by atoms with E-state index in [1.54, 1.807) is 11.8 Å². The van der Waals surface area contributed by atoms with E-state index in [9.17, 15) is 4.79 Å². The number of ether oxygens (including phenoxy) is 2. The monoisotopic (exact) mass is 360 g/mol. The van der Waals surface area contributed by atoms with Gasteiger partial charge < -0.3 is 20.1 Å². The highest BCUT2D eigenvalue weighted by molar-refractivity contribution is 7.99. The van der Waals surface area contributed by atoms with Crippen molar-refractivity contribution in [2.75, 3.05) is 32.6 Å². The van der Waals surface area contributed by atoms with Crippen molar-refractivity contribution >= 4 is 30.1 Å². The highest BCUT2D eigenvalue weighted by atomic mass is 35.5. The number of rotatable bonds is 7. The van der Waals surface area contributed by atoms with Gasteiger partial charge in [-0.25, -0.2) is 0 Å². The molecule has 1 unspecified atom stereocenters. The van der Waals surface area contributed by atoms with Crippen LogP contribution in [0.5, 0.6) is 11.5 Å². The van der Waals surface area contributed by atoms with Crippen molar-refractivity contribution < 1.29 is 14.3 Å². The second-order valence-electron chi connectivity index (χ2n) is 5.25. The van der Waals surface area contributed by atoms with Crippen LogP contribution in [0.4, 0.5) is 0 Å². The molecule has 1 aliphatic rings. The maximum absolute atomic E-state index is 11.7. The number of hydrogen-bond acceptors (Lipinski definition) is 5. The number of hydrogen-bond donors (Lipinski definition) is 2. The predicted molar refractivity (Wildman–Crippen MR) is 96.2 cm³/mol. The third-order valence-corrected chi connectivity index (χ3v) is 4.41. The molecule has 1 amide bonds. The molecule has 0 spiro atoms. The average Bonchev–Trinajstić information content (AvgIpc) is 2.77. The average molecular weight is 361 g/mol. The lowest BCUT2D eigenvalue weighted by Gasteiger charge is -2.11. The van der Waals surface area contributed by atoms with Crippen LogP contribution in [0, 0.1) is 0 Å². The molecule has 1 atom stereocenters. The maximum atomic E-state index is 11.7. The van der Waals surface area contributed by atoms with Gasteiger partial charge in [0.25, 0.3) is 0 Å². The Morgan fingerprint density at radius 1 is 1.30 bits per heavy atom. The molecule has 0 saturated carbocycles. The van der Waals surface area contributed by atoms with Gasteiger partial charge >= 0.3 is 0 Å². The van der Waals surface area contributed by atoms with Gasteiger partial charge in [-0.3, -0.25) is 4.79 Å². The fourth-order valence-electron chi connectivity index (χ4n) is 1.95. The Bertz CT molecular complexity index is 502. The third kappa shape index (κ3) is 6.89. The molecule has 7 heteroatoms. The predicted octanol–water partition coefficient (Wildman–Crippen LogP) is 2.48. The first-order chi connectivity index (χ1) is 10.7. The van der Waals surface area contributed by atoms with Crippen LogP contribution in [-0.4, -0.2) is 44.5 Å². The molecule has 0 bridgehead atoms. The summed E-state index contributed by atoms with van der Waals surface area (Å²) in [5.74, 6) is 2.44. The lowest BCUT2D eigenvalue weighted by Crippen LogP contribution is -2.37. The van der Waals surface area contributed by atoms with Crippen LogP contribution >= 0.6 is 24.2 Å². The summed E-state index contributed by atoms with van der Waals surface area (Å²) >= 11 is 1.66. The Kier molecular flexibility index (Phi) is 9.21. The van der Waals surface area contributed by atoms with Crippen LogP contribution in [0.3, 0.4) is 0 Å². The summed E-state index contributed by atoms with van der Waals surface area (Å²) < 4.78 is 11.3. The Labute approximate surface area is 148 Å². The zero-order valence-electron chi connectivity index (χ0n) is 13.6. The number of thioether (sulfide) groups is 1. The molecule has 0 saturated heterocycles. The van der Waals surface area contributed by atoms with E-state index in [2.05, 4.69) is 10.6 Å². The van der Waals surface area contributed by atoms with E-state index in [1.165, 1.54) is 0 Å². The molecule has 2 rings (SSSR count). The molecule has 5 nitrogen and oxygen atoms in total. The van der Waals surface area contributed by atoms with E-state index in [-0.39, 0.29) is 18.3 Å². The SMILES string of the molecule is CNC(C)CNC(=O)CCSc1ccc2c(c1)OCCCO2.Cl. The normalized spacial score (nSPS) is 14.3. The van der Waals surface area contributed by atoms with E-state index < -0.39 is 0 Å². The second-order valence-corrected chi connectivity index (χ2v) is 6.42. The first-order valence-electron chi connectivity index (χ1n) is 7.65. The minimum Gasteiger partial charge on any atom is -0.490 e. The van der Waals surface area contributed by atoms with Crippen LogP contribution in [0.2, 0.25) is 0 Å². The molecular formula is C16H25ClN2O3S. The molecule has 23 heavy (non-hydrogen) atoms. The Balaban J connectivity index is 0.00000264. The van der Waals surface area contributed by atoms with Gasteiger partial charge in [-0.2, -0.15) is 0 Å². The van der Waals surface area contributed by atoms with Crippen molar-refractivity contribution in [3.63, 3.8) is 0 Å². The number of halogens is 1. The maximum Gasteiger partial charge on any atom is 0.220 e. The molecule has 0 radical (unpaired) electrons. The molecule has 2 N–H and O–H groups in total. The Hall–Kier alpha value is -1.11. The van der Waals surface area contributed by atoms with Crippen molar-refractivity contribution in [1.29, 1.82) is 0 Å². The first-order valence-corrected chi connectivity index (χ1v) is 8.64. The van der Waals surface area contributed by atoms with Gasteiger partial charge in [0.1, 0.15) is 0 Å². The van der Waals surface area contributed by atoms with Crippen LogP contribution in [0.15, 0.2) is 23.1 Å². The van der Waals surface area contributed by atoms with Gasteiger partial charge in [0.15, 0.2) is 11.5 Å². The molecule has 1 aromatic rings. The summed E-state index contributed by atoms with van der Waals surface area (Å²) in [7, 11) is 1.89. The molecule has 1 heterocycles. The summed E-state index contributed by atoms with van der Waals surface area (Å²) in [5.41, 5.74) is 0. The van der Waals surface area contributed by atoms with E-state index in [4.69, 9.17) is 9.47 Å². The zero-order valence-corrected chi connectivity index (χ0v) is 15.2. The molecule has 0 fully saturated rings. The fourth-order valence-corrected chi connectivity index (χ4v) is 2.83. The lowest BCUT2D eigenvalue weighted by molar-refractivity contribution is -0.120. The summed E-state index contributed by atoms with van der Waals surface area (Å²) in [5, 5.41) is 6.01. The standard InChI is InChI=1S/C16H24N2O3S.ClH/c1-12(17-2)11-18-16(19)6-9-22-13-4-5-14-15(10-13)21-8-3-7-20-14;/h4-5,10,12,17H,3,6-9,11H2,1-2H3,(H,18,19);1H. The fraction of sp³-hybridized carbons (Fsp3) is 0.562. The minimum atomic E-state index is 0. The highest BCUT2D eigenvalue weighted by Crippen LogP contribution is 2.33. The number of amides is 1. The molecule has 1 aliphatic heterocycles. The van der Waals surface area contributed by atoms with E-state index in [0.29, 0.717) is 32.2 Å². The van der Waals surface area contributed by atoms with Gasteiger partial charge in [0.05, 0.1) is 13.2 Å². The van der Waals surface area contributed by atoms with E-state index in [1.807, 2.05) is 32.2 Å². The van der Waals surface area contributed by atoms with Gasteiger partial charge in [0.2, 0.25) is 5.91 Å². The second kappa shape index (κ2) is 10.6. The first kappa shape index (κ1) is 19.9. The summed E-state index contributed by atoms with van der Waals surface area (Å²) in [6.07, 6.45) is 1.41. The van der Waals surface area contributed by atoms with E-state index >= 15 is 0 Å². The zero-order chi connectivity index (χ0) is 15.8. The number of likely N-dealkylation sites (N-methyl/N-ethyl adjacent to an activating group) is 1. The quantitative estimate of drug-likeness (QED) is 0.731. The number of carbonyl (C=O) groups is 1. The van der Waals surface area contributed by atoms with Crippen molar-refractivity contribution in [2.24, 2.45) is 0 Å². The highest BCUT2D eigenvalue weighted by Gasteiger charge is 2.11. The summed E-state index contributed by atoms with van der Waals surface area (Å²) in [4.78, 5) is 12.8. The van der Waals surface area contributed by atoms with Gasteiger partial charge in [-0.1, -0.05) is 0 Å². The lowest BCUT2D eigenvalue weighted by atomic mass is 10.3. The largest absolute Gasteiger partial charge is 0.490 e. The van der Waals surface area contributed by atoms with Crippen LogP contribution in [0.1, 0.15) is 19.8 Å². The van der Waals surface area contributed by atoms with Crippen molar-refractivity contribution in [2.45, 2.75) is 30.7 Å². The van der Waals surface area contributed by atoms with Crippen molar-refractivity contribution in [3.05, 3.63) is 18.2 Å². The molecule has 0 aromatic heterocycles. The summed E-state index contributed by atoms with van der Waals surface area (Å²) in [6, 6.07) is 6.24. The number of carbonyl (C=O) groups excluding carboxylic acids is 1. The van der Waals surface area contributed by atoms with Gasteiger partial charge in [-0.05, 0) is 32.2 Å². The van der Waals surface area contributed by atoms with Crippen LogP contribution in [-0.2, 0) is 4.79 Å². The van der Waals surface area contributed by atoms with Crippen molar-refractivity contribution in [1.82, 2.24) is 10.6 Å². The third-order valence-electron chi connectivity index (χ3n) is 3.42. The minimum absolute atomic E-state index is 0. The summed E-state index contributed by atoms with van der Waals surface area (Å²) in [6.45, 7) is 4.08. The number of nitrogens with one attached hydrogen (secondary N) is 2. The molecular weight excluding hydrogens is 336 g/mol. The Morgan fingerprint density at radius 3 is 2.78 bits per heavy atom. The molecule has 130 valence electrons. The number of fused-ring (bicyclic) bond motifs is 1. The van der Waals surface area contributed by atoms with Gasteiger partial charge in [0, 0.05) is 36.1 Å². The number of benzene rings is 1. The topological polar surface area (TPSA) is 59.6 Å². The Morgan fingerprint density at radius 2 is 2.04 bits per heavy atom. The van der Waals surface area contributed by atoms with Crippen molar-refractivity contribution in [3.8, 4) is 11.5 Å². The smallest absolute Gasteiger partial charge is 0.220 e. The van der Waals surface area contributed by atoms with Crippen LogP contribution in [0.25, 0.3) is 0 Å². The molecule has 0 aliphatic carbocycles. The molecule has 1 aromatic carbocycles. The van der Waals surface area contributed by atoms with Gasteiger partial charge in [-0.15, -0.1) is 24.2 Å². The van der Waals surface area contributed by atoms with Crippen LogP contribution < -0.4 is 20.1 Å². The van der Waals surface area contributed by atoms with E-state index in [0.717, 1.165) is 28.6 Å².